The minimum atomic E-state index is -0.996. The van der Waals surface area contributed by atoms with Crippen LogP contribution in [-0.2, 0) is 19.1 Å². The number of carboxylic acids is 1. The highest BCUT2D eigenvalue weighted by Crippen LogP contribution is 2.44. The number of amides is 2. The van der Waals surface area contributed by atoms with Gasteiger partial charge in [-0.3, -0.25) is 9.59 Å². The van der Waals surface area contributed by atoms with Gasteiger partial charge in [0, 0.05) is 25.7 Å². The van der Waals surface area contributed by atoms with E-state index in [1.807, 2.05) is 50.2 Å². The summed E-state index contributed by atoms with van der Waals surface area (Å²) >= 11 is 0. The third kappa shape index (κ3) is 6.82. The van der Waals surface area contributed by atoms with Crippen molar-refractivity contribution in [1.29, 1.82) is 0 Å². The largest absolute Gasteiger partial charge is 0.481 e. The molecule has 0 radical (unpaired) electrons. The summed E-state index contributed by atoms with van der Waals surface area (Å²) in [4.78, 5) is 36.9. The molecule has 8 heteroatoms. The van der Waals surface area contributed by atoms with Crippen LogP contribution < -0.4 is 10.6 Å². The van der Waals surface area contributed by atoms with Crippen molar-refractivity contribution < 1.29 is 29.0 Å². The number of hydrogen-bond donors (Lipinski definition) is 3. The monoisotopic (exact) mass is 482 g/mol. The molecule has 1 aliphatic rings. The van der Waals surface area contributed by atoms with Gasteiger partial charge in [0.05, 0.1) is 6.42 Å². The van der Waals surface area contributed by atoms with Gasteiger partial charge in [-0.1, -0.05) is 62.4 Å². The Morgan fingerprint density at radius 3 is 2.11 bits per heavy atom. The van der Waals surface area contributed by atoms with Gasteiger partial charge in [0.25, 0.3) is 0 Å². The lowest BCUT2D eigenvalue weighted by molar-refractivity contribution is -0.138. The van der Waals surface area contributed by atoms with E-state index in [9.17, 15) is 14.4 Å². The lowest BCUT2D eigenvalue weighted by atomic mass is 9.98. The van der Waals surface area contributed by atoms with Crippen LogP contribution in [0.3, 0.4) is 0 Å². The molecule has 2 aromatic carbocycles. The molecule has 3 N–H and O–H groups in total. The molecule has 2 atom stereocenters. The highest BCUT2D eigenvalue weighted by atomic mass is 16.5. The Bertz CT molecular complexity index is 992. The van der Waals surface area contributed by atoms with Gasteiger partial charge >= 0.3 is 12.1 Å². The van der Waals surface area contributed by atoms with Gasteiger partial charge in [-0.2, -0.15) is 0 Å². The number of aliphatic carboxylic acids is 1. The molecule has 2 amide bonds. The van der Waals surface area contributed by atoms with E-state index >= 15 is 0 Å². The summed E-state index contributed by atoms with van der Waals surface area (Å²) in [6, 6.07) is 14.7. The van der Waals surface area contributed by atoms with Crippen molar-refractivity contribution in [2.24, 2.45) is 5.92 Å². The van der Waals surface area contributed by atoms with Crippen LogP contribution in [0.25, 0.3) is 11.1 Å². The summed E-state index contributed by atoms with van der Waals surface area (Å²) in [5.74, 6) is -1.60. The number of nitrogens with one attached hydrogen (secondary N) is 2. The standard InChI is InChI=1S/C27H34N2O6/c1-17(2)24(15-25(30)31)28-26(32)23(13-8-14-34-3)29-27(33)35-16-22-20-11-6-4-9-18(20)19-10-5-7-12-21(19)22/h4-7,9-12,17,22-24H,8,13-16H2,1-3H3,(H,28,32)(H,29,33)(H,30,31)/t23?,24-/m0/s1. The number of alkyl carbamates (subject to hydrolysis) is 1. The van der Waals surface area contributed by atoms with Crippen LogP contribution in [0.4, 0.5) is 4.79 Å². The number of carbonyl (C=O) groups is 3. The maximum atomic E-state index is 12.9. The number of fused-ring (bicyclic) bond motifs is 3. The maximum absolute atomic E-state index is 12.9. The summed E-state index contributed by atoms with van der Waals surface area (Å²) in [6.07, 6.45) is -0.00603. The second kappa shape index (κ2) is 12.4. The zero-order valence-electron chi connectivity index (χ0n) is 20.5. The van der Waals surface area contributed by atoms with Gasteiger partial charge < -0.3 is 25.2 Å². The van der Waals surface area contributed by atoms with Crippen molar-refractivity contribution in [3.63, 3.8) is 0 Å². The van der Waals surface area contributed by atoms with Crippen LogP contribution >= 0.6 is 0 Å². The second-order valence-corrected chi connectivity index (χ2v) is 9.11. The fourth-order valence-corrected chi connectivity index (χ4v) is 4.41. The fourth-order valence-electron chi connectivity index (χ4n) is 4.41. The van der Waals surface area contributed by atoms with E-state index in [-0.39, 0.29) is 24.9 Å². The Hall–Kier alpha value is -3.39. The molecule has 0 saturated carbocycles. The first-order chi connectivity index (χ1) is 16.8. The molecule has 0 aliphatic heterocycles. The maximum Gasteiger partial charge on any atom is 0.407 e. The molecule has 1 unspecified atom stereocenters. The second-order valence-electron chi connectivity index (χ2n) is 9.11. The average molecular weight is 483 g/mol. The number of carboxylic acid groups (broad SMARTS) is 1. The molecule has 188 valence electrons. The molecular formula is C27H34N2O6. The average Bonchev–Trinajstić information content (AvgIpc) is 3.15. The Labute approximate surface area is 206 Å². The fraction of sp³-hybridized carbons (Fsp3) is 0.444. The first-order valence-electron chi connectivity index (χ1n) is 11.9. The molecule has 0 spiro atoms. The van der Waals surface area contributed by atoms with Gasteiger partial charge in [0.1, 0.15) is 12.6 Å². The van der Waals surface area contributed by atoms with Crippen LogP contribution in [0.2, 0.25) is 0 Å². The summed E-state index contributed by atoms with van der Waals surface area (Å²) in [7, 11) is 1.57. The normalized spacial score (nSPS) is 14.1. The molecule has 2 aromatic rings. The van der Waals surface area contributed by atoms with Crippen molar-refractivity contribution in [2.45, 2.75) is 51.1 Å². The van der Waals surface area contributed by atoms with Crippen molar-refractivity contribution in [3.05, 3.63) is 59.7 Å². The molecule has 0 bridgehead atoms. The van der Waals surface area contributed by atoms with E-state index in [2.05, 4.69) is 22.8 Å². The Balaban J connectivity index is 1.65. The molecule has 3 rings (SSSR count). The number of carbonyl (C=O) groups excluding carboxylic acids is 2. The van der Waals surface area contributed by atoms with Gasteiger partial charge in [0.2, 0.25) is 5.91 Å². The molecule has 8 nitrogen and oxygen atoms in total. The predicted octanol–water partition coefficient (Wildman–Crippen LogP) is 3.94. The quantitative estimate of drug-likeness (QED) is 0.395. The van der Waals surface area contributed by atoms with E-state index < -0.39 is 30.1 Å². The zero-order chi connectivity index (χ0) is 25.4. The van der Waals surface area contributed by atoms with Crippen molar-refractivity contribution in [1.82, 2.24) is 10.6 Å². The number of ether oxygens (including phenoxy) is 2. The summed E-state index contributed by atoms with van der Waals surface area (Å²) in [5, 5.41) is 14.6. The Morgan fingerprint density at radius 1 is 0.971 bits per heavy atom. The first-order valence-corrected chi connectivity index (χ1v) is 11.9. The highest BCUT2D eigenvalue weighted by molar-refractivity contribution is 5.86. The van der Waals surface area contributed by atoms with Crippen LogP contribution in [0, 0.1) is 5.92 Å². The van der Waals surface area contributed by atoms with Crippen molar-refractivity contribution >= 4 is 18.0 Å². The topological polar surface area (TPSA) is 114 Å². The number of rotatable bonds is 12. The summed E-state index contributed by atoms with van der Waals surface area (Å²) in [5.41, 5.74) is 4.47. The van der Waals surface area contributed by atoms with E-state index in [4.69, 9.17) is 14.6 Å². The zero-order valence-corrected chi connectivity index (χ0v) is 20.5. The van der Waals surface area contributed by atoms with Crippen LogP contribution in [0.1, 0.15) is 50.2 Å². The molecule has 0 saturated heterocycles. The Kier molecular flexibility index (Phi) is 9.25. The Morgan fingerprint density at radius 2 is 1.57 bits per heavy atom. The third-order valence-corrected chi connectivity index (χ3v) is 6.32. The highest BCUT2D eigenvalue weighted by Gasteiger charge is 2.30. The lowest BCUT2D eigenvalue weighted by Gasteiger charge is -2.25. The van der Waals surface area contributed by atoms with Gasteiger partial charge in [-0.15, -0.1) is 0 Å². The van der Waals surface area contributed by atoms with E-state index in [0.717, 1.165) is 22.3 Å². The SMILES string of the molecule is COCCCC(NC(=O)OCC1c2ccccc2-c2ccccc21)C(=O)N[C@@H](CC(=O)O)C(C)C. The smallest absolute Gasteiger partial charge is 0.407 e. The molecular weight excluding hydrogens is 448 g/mol. The van der Waals surface area contributed by atoms with Gasteiger partial charge in [0.15, 0.2) is 0 Å². The number of methoxy groups -OCH3 is 1. The summed E-state index contributed by atoms with van der Waals surface area (Å²) < 4.78 is 10.7. The third-order valence-electron chi connectivity index (χ3n) is 6.32. The molecule has 35 heavy (non-hydrogen) atoms. The molecule has 0 aromatic heterocycles. The molecule has 1 aliphatic carbocycles. The first kappa shape index (κ1) is 26.2. The van der Waals surface area contributed by atoms with Gasteiger partial charge in [-0.25, -0.2) is 4.79 Å². The van der Waals surface area contributed by atoms with E-state index in [1.165, 1.54) is 0 Å². The van der Waals surface area contributed by atoms with E-state index in [0.29, 0.717) is 19.4 Å². The summed E-state index contributed by atoms with van der Waals surface area (Å²) in [6.45, 7) is 4.25. The molecule has 0 fully saturated rings. The van der Waals surface area contributed by atoms with Crippen molar-refractivity contribution in [3.8, 4) is 11.1 Å². The van der Waals surface area contributed by atoms with Gasteiger partial charge in [-0.05, 0) is 41.0 Å². The van der Waals surface area contributed by atoms with Crippen molar-refractivity contribution in [2.75, 3.05) is 20.3 Å². The predicted molar refractivity (Wildman–Crippen MR) is 132 cm³/mol. The number of hydrogen-bond acceptors (Lipinski definition) is 5. The minimum Gasteiger partial charge on any atom is -0.481 e. The minimum absolute atomic E-state index is 0.0795. The number of benzene rings is 2. The van der Waals surface area contributed by atoms with Crippen LogP contribution in [0.15, 0.2) is 48.5 Å². The van der Waals surface area contributed by atoms with E-state index in [1.54, 1.807) is 7.11 Å². The van der Waals surface area contributed by atoms with Crippen LogP contribution in [0.5, 0.6) is 0 Å². The molecule has 0 heterocycles. The van der Waals surface area contributed by atoms with Crippen LogP contribution in [-0.4, -0.2) is 55.5 Å². The lowest BCUT2D eigenvalue weighted by Crippen LogP contribution is -2.51.